The van der Waals surface area contributed by atoms with Crippen LogP contribution in [-0.2, 0) is 0 Å². The molecular formula is C18H22BrN. The topological polar surface area (TPSA) is 12.0 Å². The first-order valence-electron chi connectivity index (χ1n) is 7.19. The Kier molecular flexibility index (Phi) is 5.38. The lowest BCUT2D eigenvalue weighted by Gasteiger charge is -2.23. The highest BCUT2D eigenvalue weighted by molar-refractivity contribution is 9.10. The molecule has 0 fully saturated rings. The van der Waals surface area contributed by atoms with E-state index in [1.54, 1.807) is 0 Å². The average Bonchev–Trinajstić information content (AvgIpc) is 2.45. The van der Waals surface area contributed by atoms with Gasteiger partial charge in [-0.3, -0.25) is 0 Å². The quantitative estimate of drug-likeness (QED) is 0.798. The Morgan fingerprint density at radius 1 is 0.950 bits per heavy atom. The second-order valence-corrected chi connectivity index (χ2v) is 6.01. The molecule has 1 nitrogen and oxygen atoms in total. The summed E-state index contributed by atoms with van der Waals surface area (Å²) in [6.07, 6.45) is 1.13. The zero-order valence-corrected chi connectivity index (χ0v) is 14.0. The number of rotatable bonds is 5. The van der Waals surface area contributed by atoms with Gasteiger partial charge in [-0.1, -0.05) is 65.3 Å². The van der Waals surface area contributed by atoms with Crippen LogP contribution in [-0.4, -0.2) is 6.54 Å². The van der Waals surface area contributed by atoms with Gasteiger partial charge >= 0.3 is 0 Å². The van der Waals surface area contributed by atoms with E-state index in [0.717, 1.165) is 13.0 Å². The van der Waals surface area contributed by atoms with Crippen molar-refractivity contribution in [2.75, 3.05) is 6.54 Å². The van der Waals surface area contributed by atoms with Crippen LogP contribution in [0, 0.1) is 13.8 Å². The van der Waals surface area contributed by atoms with Crippen LogP contribution in [0.2, 0.25) is 0 Å². The van der Waals surface area contributed by atoms with Gasteiger partial charge in [0.15, 0.2) is 0 Å². The third kappa shape index (κ3) is 3.31. The molecule has 0 aromatic heterocycles. The first-order chi connectivity index (χ1) is 9.65. The summed E-state index contributed by atoms with van der Waals surface area (Å²) in [5.41, 5.74) is 5.27. The van der Waals surface area contributed by atoms with Crippen LogP contribution in [0.4, 0.5) is 0 Å². The van der Waals surface area contributed by atoms with Crippen LogP contribution in [0.1, 0.15) is 41.6 Å². The van der Waals surface area contributed by atoms with Gasteiger partial charge in [0.25, 0.3) is 0 Å². The number of aryl methyl sites for hydroxylation is 2. The molecule has 0 spiro atoms. The smallest absolute Gasteiger partial charge is 0.0590 e. The van der Waals surface area contributed by atoms with Crippen molar-refractivity contribution in [3.8, 4) is 0 Å². The molecule has 0 amide bonds. The maximum absolute atomic E-state index is 3.75. The van der Waals surface area contributed by atoms with Crippen LogP contribution in [0.5, 0.6) is 0 Å². The SMILES string of the molecule is CCCNC(c1ccccc1C)c1cccc(C)c1Br. The minimum Gasteiger partial charge on any atom is -0.306 e. The van der Waals surface area contributed by atoms with Gasteiger partial charge in [0.1, 0.15) is 0 Å². The van der Waals surface area contributed by atoms with Gasteiger partial charge < -0.3 is 5.32 Å². The molecule has 0 aliphatic heterocycles. The maximum atomic E-state index is 3.75. The van der Waals surface area contributed by atoms with E-state index in [-0.39, 0.29) is 6.04 Å². The highest BCUT2D eigenvalue weighted by Gasteiger charge is 2.18. The summed E-state index contributed by atoms with van der Waals surface area (Å²) >= 11 is 3.75. The Bertz CT molecular complexity index is 577. The molecule has 0 aliphatic rings. The van der Waals surface area contributed by atoms with Gasteiger partial charge in [0.2, 0.25) is 0 Å². The van der Waals surface area contributed by atoms with E-state index in [1.165, 1.54) is 26.7 Å². The summed E-state index contributed by atoms with van der Waals surface area (Å²) in [5.74, 6) is 0. The number of nitrogens with one attached hydrogen (secondary N) is 1. The molecule has 1 unspecified atom stereocenters. The number of hydrogen-bond acceptors (Lipinski definition) is 1. The van der Waals surface area contributed by atoms with Gasteiger partial charge in [-0.15, -0.1) is 0 Å². The highest BCUT2D eigenvalue weighted by atomic mass is 79.9. The van der Waals surface area contributed by atoms with Crippen LogP contribution in [0.25, 0.3) is 0 Å². The van der Waals surface area contributed by atoms with Crippen LogP contribution in [0.3, 0.4) is 0 Å². The fourth-order valence-electron chi connectivity index (χ4n) is 2.48. The van der Waals surface area contributed by atoms with Gasteiger partial charge in [-0.2, -0.15) is 0 Å². The summed E-state index contributed by atoms with van der Waals surface area (Å²) in [6.45, 7) is 7.54. The summed E-state index contributed by atoms with van der Waals surface area (Å²) in [7, 11) is 0. The Labute approximate surface area is 130 Å². The maximum Gasteiger partial charge on any atom is 0.0590 e. The molecule has 0 saturated heterocycles. The van der Waals surface area contributed by atoms with E-state index in [1.807, 2.05) is 0 Å². The predicted octanol–water partition coefficient (Wildman–Crippen LogP) is 5.15. The molecule has 2 rings (SSSR count). The molecule has 0 aliphatic carbocycles. The molecule has 0 saturated carbocycles. The lowest BCUT2D eigenvalue weighted by Crippen LogP contribution is -2.24. The lowest BCUT2D eigenvalue weighted by molar-refractivity contribution is 0.594. The molecule has 2 aromatic rings. The molecule has 1 atom stereocenters. The molecule has 2 heteroatoms. The minimum absolute atomic E-state index is 0.241. The minimum atomic E-state index is 0.241. The van der Waals surface area contributed by atoms with Gasteiger partial charge in [0.05, 0.1) is 6.04 Å². The Balaban J connectivity index is 2.47. The summed E-state index contributed by atoms with van der Waals surface area (Å²) in [6, 6.07) is 15.3. The molecule has 0 heterocycles. The standard InChI is InChI=1S/C18H22BrN/c1-4-12-20-18(15-10-6-5-8-13(15)2)16-11-7-9-14(3)17(16)19/h5-11,18,20H,4,12H2,1-3H3. The van der Waals surface area contributed by atoms with E-state index in [2.05, 4.69) is 84.5 Å². The second kappa shape index (κ2) is 7.05. The summed E-state index contributed by atoms with van der Waals surface area (Å²) in [5, 5.41) is 3.68. The number of benzene rings is 2. The van der Waals surface area contributed by atoms with Crippen molar-refractivity contribution in [1.29, 1.82) is 0 Å². The zero-order chi connectivity index (χ0) is 14.5. The third-order valence-electron chi connectivity index (χ3n) is 3.63. The molecule has 1 N–H and O–H groups in total. The van der Waals surface area contributed by atoms with Crippen molar-refractivity contribution in [3.05, 3.63) is 69.2 Å². The predicted molar refractivity (Wildman–Crippen MR) is 90.2 cm³/mol. The first-order valence-corrected chi connectivity index (χ1v) is 7.98. The van der Waals surface area contributed by atoms with E-state index >= 15 is 0 Å². The second-order valence-electron chi connectivity index (χ2n) is 5.22. The first kappa shape index (κ1) is 15.3. The van der Waals surface area contributed by atoms with Gasteiger partial charge in [0, 0.05) is 4.47 Å². The van der Waals surface area contributed by atoms with Crippen molar-refractivity contribution in [3.63, 3.8) is 0 Å². The van der Waals surface area contributed by atoms with Crippen molar-refractivity contribution >= 4 is 15.9 Å². The Hall–Kier alpha value is -1.12. The molecular weight excluding hydrogens is 310 g/mol. The van der Waals surface area contributed by atoms with Crippen molar-refractivity contribution in [1.82, 2.24) is 5.32 Å². The summed E-state index contributed by atoms with van der Waals surface area (Å²) in [4.78, 5) is 0. The number of halogens is 1. The van der Waals surface area contributed by atoms with E-state index in [9.17, 15) is 0 Å². The van der Waals surface area contributed by atoms with Crippen LogP contribution in [0.15, 0.2) is 46.9 Å². The van der Waals surface area contributed by atoms with Gasteiger partial charge in [-0.25, -0.2) is 0 Å². The fourth-order valence-corrected chi connectivity index (χ4v) is 2.97. The van der Waals surface area contributed by atoms with E-state index in [4.69, 9.17) is 0 Å². The molecule has 0 bridgehead atoms. The molecule has 20 heavy (non-hydrogen) atoms. The van der Waals surface area contributed by atoms with Crippen molar-refractivity contribution in [2.24, 2.45) is 0 Å². The van der Waals surface area contributed by atoms with Gasteiger partial charge in [-0.05, 0) is 49.1 Å². The molecule has 0 radical (unpaired) electrons. The average molecular weight is 332 g/mol. The van der Waals surface area contributed by atoms with E-state index in [0.29, 0.717) is 0 Å². The summed E-state index contributed by atoms with van der Waals surface area (Å²) < 4.78 is 1.21. The fraction of sp³-hybridized carbons (Fsp3) is 0.333. The Morgan fingerprint density at radius 2 is 1.60 bits per heavy atom. The molecule has 2 aromatic carbocycles. The monoisotopic (exact) mass is 331 g/mol. The van der Waals surface area contributed by atoms with Crippen LogP contribution < -0.4 is 5.32 Å². The lowest BCUT2D eigenvalue weighted by atomic mass is 9.94. The van der Waals surface area contributed by atoms with Crippen molar-refractivity contribution < 1.29 is 0 Å². The molecule has 106 valence electrons. The van der Waals surface area contributed by atoms with Crippen LogP contribution >= 0.6 is 15.9 Å². The van der Waals surface area contributed by atoms with E-state index < -0.39 is 0 Å². The largest absolute Gasteiger partial charge is 0.306 e. The Morgan fingerprint density at radius 3 is 2.30 bits per heavy atom. The highest BCUT2D eigenvalue weighted by Crippen LogP contribution is 2.32. The third-order valence-corrected chi connectivity index (χ3v) is 4.71. The number of hydrogen-bond donors (Lipinski definition) is 1. The van der Waals surface area contributed by atoms with Crippen molar-refractivity contribution in [2.45, 2.75) is 33.2 Å². The zero-order valence-electron chi connectivity index (χ0n) is 12.4. The normalized spacial score (nSPS) is 12.4.